The molecule has 1 saturated carbocycles. The van der Waals surface area contributed by atoms with Crippen LogP contribution in [0.15, 0.2) is 12.1 Å². The van der Waals surface area contributed by atoms with E-state index >= 15 is 0 Å². The van der Waals surface area contributed by atoms with Gasteiger partial charge < -0.3 is 0 Å². The molecule has 0 nitrogen and oxygen atoms in total. The van der Waals surface area contributed by atoms with Gasteiger partial charge in [-0.1, -0.05) is 32.6 Å². The van der Waals surface area contributed by atoms with Crippen molar-refractivity contribution in [3.8, 4) is 0 Å². The molecule has 1 aromatic rings. The van der Waals surface area contributed by atoms with Gasteiger partial charge in [0.05, 0.1) is 5.56 Å². The van der Waals surface area contributed by atoms with Gasteiger partial charge >= 0.3 is 6.18 Å². The monoisotopic (exact) mass is 334 g/mol. The van der Waals surface area contributed by atoms with Gasteiger partial charge in [-0.15, -0.1) is 0 Å². The zero-order chi connectivity index (χ0) is 17.0. The third-order valence-electron chi connectivity index (χ3n) is 4.89. The minimum atomic E-state index is -4.65. The van der Waals surface area contributed by atoms with E-state index in [9.17, 15) is 22.0 Å². The maximum absolute atomic E-state index is 14.0. The Balaban J connectivity index is 2.07. The van der Waals surface area contributed by atoms with Gasteiger partial charge in [0.15, 0.2) is 11.6 Å². The summed E-state index contributed by atoms with van der Waals surface area (Å²) in [4.78, 5) is 0. The van der Waals surface area contributed by atoms with Crippen LogP contribution < -0.4 is 0 Å². The van der Waals surface area contributed by atoms with Gasteiger partial charge in [0.2, 0.25) is 0 Å². The molecule has 0 atom stereocenters. The van der Waals surface area contributed by atoms with Gasteiger partial charge in [-0.05, 0) is 55.2 Å². The van der Waals surface area contributed by atoms with Crippen molar-refractivity contribution < 1.29 is 22.0 Å². The topological polar surface area (TPSA) is 0 Å². The van der Waals surface area contributed by atoms with Crippen molar-refractivity contribution in [2.75, 3.05) is 0 Å². The number of rotatable bonds is 5. The van der Waals surface area contributed by atoms with Crippen LogP contribution in [-0.4, -0.2) is 0 Å². The first-order valence-corrected chi connectivity index (χ1v) is 8.39. The maximum Gasteiger partial charge on any atom is 0.416 e. The molecule has 1 aliphatic carbocycles. The Kier molecular flexibility index (Phi) is 6.04. The molecule has 5 heteroatoms. The van der Waals surface area contributed by atoms with Crippen LogP contribution in [-0.2, 0) is 6.18 Å². The van der Waals surface area contributed by atoms with Crippen LogP contribution in [0.2, 0.25) is 0 Å². The highest BCUT2D eigenvalue weighted by Crippen LogP contribution is 2.41. The van der Waals surface area contributed by atoms with E-state index in [0.717, 1.165) is 31.7 Å². The van der Waals surface area contributed by atoms with Gasteiger partial charge in [-0.2, -0.15) is 13.2 Å². The lowest BCUT2D eigenvalue weighted by atomic mass is 9.76. The van der Waals surface area contributed by atoms with E-state index in [1.54, 1.807) is 0 Å². The molecule has 0 heterocycles. The van der Waals surface area contributed by atoms with Gasteiger partial charge in [0, 0.05) is 0 Å². The molecule has 23 heavy (non-hydrogen) atoms. The summed E-state index contributed by atoms with van der Waals surface area (Å²) in [6.07, 6.45) is 3.01. The summed E-state index contributed by atoms with van der Waals surface area (Å²) in [6, 6.07) is 1.04. The Morgan fingerprint density at radius 1 is 1.00 bits per heavy atom. The number of unbranched alkanes of at least 4 members (excludes halogenated alkanes) is 2. The minimum absolute atomic E-state index is 0.107. The average molecular weight is 334 g/mol. The molecule has 0 N–H and O–H groups in total. The Bertz CT molecular complexity index is 513. The minimum Gasteiger partial charge on any atom is -0.204 e. The fourth-order valence-corrected chi connectivity index (χ4v) is 3.52. The van der Waals surface area contributed by atoms with E-state index < -0.39 is 23.4 Å². The molecule has 0 spiro atoms. The Morgan fingerprint density at radius 3 is 2.22 bits per heavy atom. The van der Waals surface area contributed by atoms with Crippen LogP contribution in [0, 0.1) is 17.6 Å². The molecule has 1 aromatic carbocycles. The second-order valence-corrected chi connectivity index (χ2v) is 6.57. The van der Waals surface area contributed by atoms with Crippen molar-refractivity contribution in [1.82, 2.24) is 0 Å². The van der Waals surface area contributed by atoms with Crippen LogP contribution in [0.25, 0.3) is 0 Å². The lowest BCUT2D eigenvalue weighted by Gasteiger charge is -2.29. The van der Waals surface area contributed by atoms with E-state index in [2.05, 4.69) is 6.92 Å². The quantitative estimate of drug-likeness (QED) is 0.408. The Morgan fingerprint density at radius 2 is 1.65 bits per heavy atom. The first kappa shape index (κ1) is 18.2. The molecule has 0 aromatic heterocycles. The normalized spacial score (nSPS) is 22.3. The van der Waals surface area contributed by atoms with Crippen molar-refractivity contribution in [1.29, 1.82) is 0 Å². The predicted octanol–water partition coefficient (Wildman–Crippen LogP) is 6.84. The molecule has 0 aliphatic heterocycles. The molecule has 0 saturated heterocycles. The first-order chi connectivity index (χ1) is 10.8. The molecule has 2 rings (SSSR count). The summed E-state index contributed by atoms with van der Waals surface area (Å²) in [5.74, 6) is -2.27. The van der Waals surface area contributed by atoms with Gasteiger partial charge in [-0.25, -0.2) is 8.78 Å². The summed E-state index contributed by atoms with van der Waals surface area (Å²) >= 11 is 0. The van der Waals surface area contributed by atoms with Crippen LogP contribution in [0.4, 0.5) is 22.0 Å². The van der Waals surface area contributed by atoms with Crippen LogP contribution in [0.3, 0.4) is 0 Å². The molecule has 0 radical (unpaired) electrons. The fourth-order valence-electron chi connectivity index (χ4n) is 3.52. The van der Waals surface area contributed by atoms with Crippen LogP contribution in [0.5, 0.6) is 0 Å². The molecule has 0 unspecified atom stereocenters. The van der Waals surface area contributed by atoms with E-state index in [0.29, 0.717) is 18.8 Å². The molecule has 130 valence electrons. The van der Waals surface area contributed by atoms with E-state index in [1.165, 1.54) is 12.8 Å². The summed E-state index contributed by atoms with van der Waals surface area (Å²) in [7, 11) is 0. The molecule has 0 amide bonds. The summed E-state index contributed by atoms with van der Waals surface area (Å²) in [5, 5.41) is 0. The average Bonchev–Trinajstić information content (AvgIpc) is 2.50. The number of alkyl halides is 3. The van der Waals surface area contributed by atoms with E-state index in [-0.39, 0.29) is 17.5 Å². The predicted molar refractivity (Wildman–Crippen MR) is 80.2 cm³/mol. The largest absolute Gasteiger partial charge is 0.416 e. The summed E-state index contributed by atoms with van der Waals surface area (Å²) in [6.45, 7) is 2.14. The SMILES string of the molecule is CCCCCC1CCC(c2cc(C(F)(F)F)cc(F)c2F)CC1. The summed E-state index contributed by atoms with van der Waals surface area (Å²) < 4.78 is 65.9. The van der Waals surface area contributed by atoms with Crippen molar-refractivity contribution >= 4 is 0 Å². The van der Waals surface area contributed by atoms with Crippen molar-refractivity contribution in [3.63, 3.8) is 0 Å². The van der Waals surface area contributed by atoms with Crippen LogP contribution in [0.1, 0.15) is 75.3 Å². The number of hydrogen-bond acceptors (Lipinski definition) is 0. The zero-order valence-corrected chi connectivity index (χ0v) is 13.4. The highest BCUT2D eigenvalue weighted by atomic mass is 19.4. The lowest BCUT2D eigenvalue weighted by molar-refractivity contribution is -0.137. The molecule has 0 bridgehead atoms. The van der Waals surface area contributed by atoms with Crippen molar-refractivity contribution in [2.45, 2.75) is 70.4 Å². The number of halogens is 5. The lowest BCUT2D eigenvalue weighted by Crippen LogP contribution is -2.16. The highest BCUT2D eigenvalue weighted by molar-refractivity contribution is 5.31. The van der Waals surface area contributed by atoms with E-state index in [1.807, 2.05) is 0 Å². The standard InChI is InChI=1S/C18H23F5/c1-2-3-4-5-12-6-8-13(9-7-12)15-10-14(18(21,22)23)11-16(19)17(15)20/h10-13H,2-9H2,1H3. The first-order valence-electron chi connectivity index (χ1n) is 8.39. The second kappa shape index (κ2) is 7.63. The second-order valence-electron chi connectivity index (χ2n) is 6.57. The van der Waals surface area contributed by atoms with Crippen molar-refractivity contribution in [2.24, 2.45) is 5.92 Å². The smallest absolute Gasteiger partial charge is 0.204 e. The Labute approximate surface area is 134 Å². The number of hydrogen-bond donors (Lipinski definition) is 0. The molecular formula is C18H23F5. The molecular weight excluding hydrogens is 311 g/mol. The Hall–Kier alpha value is -1.13. The van der Waals surface area contributed by atoms with Crippen LogP contribution >= 0.6 is 0 Å². The maximum atomic E-state index is 14.0. The summed E-state index contributed by atoms with van der Waals surface area (Å²) in [5.41, 5.74) is -1.21. The van der Waals surface area contributed by atoms with Gasteiger partial charge in [0.25, 0.3) is 0 Å². The van der Waals surface area contributed by atoms with E-state index in [4.69, 9.17) is 0 Å². The fraction of sp³-hybridized carbons (Fsp3) is 0.667. The van der Waals surface area contributed by atoms with Gasteiger partial charge in [-0.3, -0.25) is 0 Å². The zero-order valence-electron chi connectivity index (χ0n) is 13.4. The molecule has 1 aliphatic rings. The third-order valence-corrected chi connectivity index (χ3v) is 4.89. The molecule has 1 fully saturated rings. The van der Waals surface area contributed by atoms with Crippen molar-refractivity contribution in [3.05, 3.63) is 34.9 Å². The number of benzene rings is 1. The van der Waals surface area contributed by atoms with Gasteiger partial charge in [0.1, 0.15) is 0 Å². The third kappa shape index (κ3) is 4.67. The highest BCUT2D eigenvalue weighted by Gasteiger charge is 2.34.